The molecule has 0 saturated heterocycles. The first-order valence-corrected chi connectivity index (χ1v) is 9.70. The summed E-state index contributed by atoms with van der Waals surface area (Å²) >= 11 is 11.2. The smallest absolute Gasteiger partial charge is 0.254 e. The average Bonchev–Trinajstić information content (AvgIpc) is 3.24. The minimum Gasteiger partial charge on any atom is -0.468 e. The molecule has 6 nitrogen and oxygen atoms in total. The Bertz CT molecular complexity index is 1060. The maximum Gasteiger partial charge on any atom is 0.254 e. The summed E-state index contributed by atoms with van der Waals surface area (Å²) in [6.45, 7) is 3.62. The molecule has 0 saturated carbocycles. The van der Waals surface area contributed by atoms with Gasteiger partial charge in [-0.1, -0.05) is 60.2 Å². The van der Waals surface area contributed by atoms with E-state index in [0.717, 1.165) is 3.97 Å². The third-order valence-corrected chi connectivity index (χ3v) is 6.05. The highest BCUT2D eigenvalue weighted by Crippen LogP contribution is 2.35. The zero-order valence-electron chi connectivity index (χ0n) is 13.4. The van der Waals surface area contributed by atoms with E-state index in [1.54, 1.807) is 42.5 Å². The van der Waals surface area contributed by atoms with E-state index in [1.807, 2.05) is 0 Å². The molecule has 0 aliphatic rings. The van der Waals surface area contributed by atoms with Gasteiger partial charge in [0.15, 0.2) is 16.2 Å². The minimum atomic E-state index is -4.12. The molecule has 3 rings (SSSR count). The lowest BCUT2D eigenvalue weighted by atomic mass is 10.2. The molecule has 1 atom stereocenters. The molecule has 2 heterocycles. The normalized spacial score (nSPS) is 12.7. The fourth-order valence-corrected chi connectivity index (χ4v) is 4.81. The van der Waals surface area contributed by atoms with Gasteiger partial charge in [0, 0.05) is 5.56 Å². The van der Waals surface area contributed by atoms with E-state index in [-0.39, 0.29) is 27.4 Å². The second kappa shape index (κ2) is 7.06. The quantitative estimate of drug-likeness (QED) is 0.496. The van der Waals surface area contributed by atoms with Crippen LogP contribution in [0.2, 0.25) is 5.15 Å². The Kier molecular flexibility index (Phi) is 4.99. The average molecular weight is 408 g/mol. The number of aromatic nitrogens is 2. The third kappa shape index (κ3) is 3.07. The van der Waals surface area contributed by atoms with Gasteiger partial charge < -0.3 is 10.2 Å². The Morgan fingerprint density at radius 3 is 2.54 bits per heavy atom. The zero-order valence-corrected chi connectivity index (χ0v) is 15.8. The third-order valence-electron chi connectivity index (χ3n) is 3.68. The van der Waals surface area contributed by atoms with Crippen molar-refractivity contribution in [3.63, 3.8) is 0 Å². The summed E-state index contributed by atoms with van der Waals surface area (Å²) in [7, 11) is -4.12. The fourth-order valence-electron chi connectivity index (χ4n) is 2.57. The minimum absolute atomic E-state index is 0.0233. The predicted molar refractivity (Wildman–Crippen MR) is 105 cm³/mol. The topological polar surface area (TPSA) is 91.1 Å². The van der Waals surface area contributed by atoms with Crippen LogP contribution in [0.15, 0.2) is 65.8 Å². The van der Waals surface area contributed by atoms with Gasteiger partial charge in [-0.25, -0.2) is 17.4 Å². The van der Waals surface area contributed by atoms with Crippen molar-refractivity contribution in [3.8, 4) is 11.3 Å². The number of thiocarbonyl (C=S) groups is 1. The number of hydrogen-bond donors (Lipinski definition) is 1. The van der Waals surface area contributed by atoms with E-state index in [2.05, 4.69) is 11.6 Å². The molecule has 0 amide bonds. The number of imidazole rings is 1. The van der Waals surface area contributed by atoms with Gasteiger partial charge in [-0.3, -0.25) is 0 Å². The Labute approximate surface area is 161 Å². The molecule has 134 valence electrons. The monoisotopic (exact) mass is 407 g/mol. The first-order chi connectivity index (χ1) is 12.4. The van der Waals surface area contributed by atoms with Crippen molar-refractivity contribution in [1.29, 1.82) is 0 Å². The van der Waals surface area contributed by atoms with Crippen LogP contribution in [-0.2, 0) is 10.0 Å². The van der Waals surface area contributed by atoms with Gasteiger partial charge in [0.05, 0.1) is 6.26 Å². The SMILES string of the molecule is C=CC(c1ccco1)S(=O)(=O)n1c(C(N)=S)nc(Cl)c1-c1ccccc1. The van der Waals surface area contributed by atoms with Crippen molar-refractivity contribution in [1.82, 2.24) is 8.96 Å². The highest BCUT2D eigenvalue weighted by Gasteiger charge is 2.35. The molecule has 0 aliphatic heterocycles. The summed E-state index contributed by atoms with van der Waals surface area (Å²) in [5.41, 5.74) is 6.44. The van der Waals surface area contributed by atoms with E-state index in [0.29, 0.717) is 5.56 Å². The van der Waals surface area contributed by atoms with Crippen LogP contribution in [0.25, 0.3) is 11.3 Å². The number of hydrogen-bond acceptors (Lipinski definition) is 5. The van der Waals surface area contributed by atoms with E-state index < -0.39 is 15.3 Å². The molecular formula is C17H14ClN3O3S2. The Hall–Kier alpha value is -2.42. The summed E-state index contributed by atoms with van der Waals surface area (Å²) < 4.78 is 33.1. The van der Waals surface area contributed by atoms with Crippen molar-refractivity contribution < 1.29 is 12.8 Å². The zero-order chi connectivity index (χ0) is 18.9. The van der Waals surface area contributed by atoms with Crippen LogP contribution < -0.4 is 5.73 Å². The maximum atomic E-state index is 13.4. The van der Waals surface area contributed by atoms with Crippen molar-refractivity contribution in [3.05, 3.63) is 78.1 Å². The number of nitrogens with zero attached hydrogens (tertiary/aromatic N) is 2. The number of halogens is 1. The van der Waals surface area contributed by atoms with Crippen molar-refractivity contribution in [2.45, 2.75) is 5.25 Å². The van der Waals surface area contributed by atoms with Gasteiger partial charge in [0.1, 0.15) is 16.4 Å². The van der Waals surface area contributed by atoms with Crippen LogP contribution in [0.3, 0.4) is 0 Å². The number of rotatable bonds is 6. The van der Waals surface area contributed by atoms with Crippen molar-refractivity contribution >= 4 is 38.8 Å². The molecule has 1 unspecified atom stereocenters. The second-order valence-corrected chi connectivity index (χ2v) is 7.99. The lowest BCUT2D eigenvalue weighted by Gasteiger charge is -2.17. The van der Waals surface area contributed by atoms with Gasteiger partial charge in [-0.05, 0) is 12.1 Å². The predicted octanol–water partition coefficient (Wildman–Crippen LogP) is 3.54. The lowest BCUT2D eigenvalue weighted by molar-refractivity contribution is 0.506. The van der Waals surface area contributed by atoms with Crippen LogP contribution in [-0.4, -0.2) is 22.4 Å². The van der Waals surface area contributed by atoms with E-state index >= 15 is 0 Å². The molecule has 2 N–H and O–H groups in total. The van der Waals surface area contributed by atoms with Gasteiger partial charge in [0.2, 0.25) is 0 Å². The van der Waals surface area contributed by atoms with Gasteiger partial charge in [-0.15, -0.1) is 6.58 Å². The number of furan rings is 1. The molecular weight excluding hydrogens is 394 g/mol. The van der Waals surface area contributed by atoms with Gasteiger partial charge in [0.25, 0.3) is 10.0 Å². The van der Waals surface area contributed by atoms with Gasteiger partial charge >= 0.3 is 0 Å². The van der Waals surface area contributed by atoms with Crippen LogP contribution in [0, 0.1) is 0 Å². The molecule has 0 fully saturated rings. The van der Waals surface area contributed by atoms with Crippen molar-refractivity contribution in [2.75, 3.05) is 0 Å². The molecule has 0 spiro atoms. The molecule has 0 bridgehead atoms. The molecule has 9 heteroatoms. The highest BCUT2D eigenvalue weighted by molar-refractivity contribution is 7.90. The largest absolute Gasteiger partial charge is 0.468 e. The van der Waals surface area contributed by atoms with Crippen LogP contribution >= 0.6 is 23.8 Å². The van der Waals surface area contributed by atoms with E-state index in [4.69, 9.17) is 34.0 Å². The summed E-state index contributed by atoms with van der Waals surface area (Å²) in [6, 6.07) is 11.9. The molecule has 2 aromatic heterocycles. The van der Waals surface area contributed by atoms with Crippen LogP contribution in [0.5, 0.6) is 0 Å². The molecule has 0 radical (unpaired) electrons. The van der Waals surface area contributed by atoms with Crippen LogP contribution in [0.1, 0.15) is 16.8 Å². The Balaban J connectivity index is 2.32. The molecule has 3 aromatic rings. The standard InChI is InChI=1S/C17H14ClN3O3S2/c1-2-13(12-9-6-10-24-12)26(22,23)21-14(11-7-4-3-5-8-11)15(18)20-17(21)16(19)25/h2-10,13H,1H2,(H2,19,25). The fraction of sp³-hybridized carbons (Fsp3) is 0.0588. The molecule has 26 heavy (non-hydrogen) atoms. The summed E-state index contributed by atoms with van der Waals surface area (Å²) in [6.07, 6.45) is 2.65. The van der Waals surface area contributed by atoms with Crippen molar-refractivity contribution in [2.24, 2.45) is 5.73 Å². The van der Waals surface area contributed by atoms with Crippen LogP contribution in [0.4, 0.5) is 0 Å². The first-order valence-electron chi connectivity index (χ1n) is 7.41. The summed E-state index contributed by atoms with van der Waals surface area (Å²) in [5.74, 6) is 0.0833. The van der Waals surface area contributed by atoms with E-state index in [1.165, 1.54) is 12.3 Å². The molecule has 0 aliphatic carbocycles. The first kappa shape index (κ1) is 18.4. The highest BCUT2D eigenvalue weighted by atomic mass is 35.5. The molecule has 1 aromatic carbocycles. The van der Waals surface area contributed by atoms with Gasteiger partial charge in [-0.2, -0.15) is 0 Å². The summed E-state index contributed by atoms with van der Waals surface area (Å²) in [5, 5.41) is -1.19. The summed E-state index contributed by atoms with van der Waals surface area (Å²) in [4.78, 5) is 3.87. The maximum absolute atomic E-state index is 13.4. The van der Waals surface area contributed by atoms with E-state index in [9.17, 15) is 8.42 Å². The Morgan fingerprint density at radius 2 is 2.00 bits per heavy atom. The number of nitrogens with two attached hydrogens (primary N) is 1. The number of benzene rings is 1. The lowest BCUT2D eigenvalue weighted by Crippen LogP contribution is -2.26. The Morgan fingerprint density at radius 1 is 1.31 bits per heavy atom. The second-order valence-electron chi connectivity index (χ2n) is 5.29.